The maximum absolute atomic E-state index is 11.1. The molecule has 0 fully saturated rings. The van der Waals surface area contributed by atoms with Crippen LogP contribution in [0.4, 0.5) is 0 Å². The van der Waals surface area contributed by atoms with E-state index >= 15 is 0 Å². The van der Waals surface area contributed by atoms with Crippen molar-refractivity contribution in [2.75, 3.05) is 0 Å². The fourth-order valence-corrected chi connectivity index (χ4v) is 1.34. The Morgan fingerprint density at radius 2 is 2.15 bits per heavy atom. The number of ketones is 1. The average Bonchev–Trinajstić information content (AvgIpc) is 1.99. The minimum Gasteiger partial charge on any atom is -0.300 e. The summed E-state index contributed by atoms with van der Waals surface area (Å²) in [7, 11) is 0. The first-order valence-corrected chi connectivity index (χ1v) is 4.49. The molecule has 0 N–H and O–H groups in total. The molecule has 0 aromatic heterocycles. The molecule has 1 unspecified atom stereocenters. The van der Waals surface area contributed by atoms with Gasteiger partial charge in [-0.2, -0.15) is 0 Å². The van der Waals surface area contributed by atoms with Crippen LogP contribution < -0.4 is 0 Å². The third-order valence-corrected chi connectivity index (χ3v) is 2.13. The summed E-state index contributed by atoms with van der Waals surface area (Å²) in [6.45, 7) is 7.25. The van der Waals surface area contributed by atoms with E-state index in [1.54, 1.807) is 6.92 Å². The maximum Gasteiger partial charge on any atom is 0.132 e. The van der Waals surface area contributed by atoms with E-state index in [1.165, 1.54) is 0 Å². The summed E-state index contributed by atoms with van der Waals surface area (Å²) in [4.78, 5) is 13.9. The lowest BCUT2D eigenvalue weighted by Gasteiger charge is -2.22. The summed E-state index contributed by atoms with van der Waals surface area (Å²) < 4.78 is 0. The van der Waals surface area contributed by atoms with Crippen molar-refractivity contribution in [3.8, 4) is 0 Å². The van der Waals surface area contributed by atoms with E-state index in [0.717, 1.165) is 6.42 Å². The lowest BCUT2D eigenvalue weighted by molar-refractivity contribution is -0.121. The molecule has 0 spiro atoms. The fraction of sp³-hybridized carbons (Fsp3) is 0.889. The van der Waals surface area contributed by atoms with E-state index in [9.17, 15) is 4.79 Å². The minimum atomic E-state index is -0.457. The van der Waals surface area contributed by atoms with Crippen LogP contribution in [-0.4, -0.2) is 11.3 Å². The lowest BCUT2D eigenvalue weighted by Crippen LogP contribution is -2.24. The predicted molar refractivity (Wildman–Crippen MR) is 52.3 cm³/mol. The third-order valence-electron chi connectivity index (χ3n) is 2.13. The van der Waals surface area contributed by atoms with Crippen LogP contribution in [0.5, 0.6) is 0 Å². The molecule has 1 atom stereocenters. The highest BCUT2D eigenvalue weighted by Gasteiger charge is 2.23. The summed E-state index contributed by atoms with van der Waals surface area (Å²) in [6.07, 6.45) is 1.43. The Hall–Kier alpha value is -1.02. The number of hydrogen-bond acceptors (Lipinski definition) is 2. The molecule has 0 radical (unpaired) electrons. The average molecular weight is 183 g/mol. The van der Waals surface area contributed by atoms with Crippen LogP contribution in [0.1, 0.15) is 40.5 Å². The van der Waals surface area contributed by atoms with E-state index in [2.05, 4.69) is 10.0 Å². The SMILES string of the molecule is CCC(CC(C)(C)N=[N+]=[N-])C(C)=O. The number of rotatable bonds is 5. The van der Waals surface area contributed by atoms with Crippen molar-refractivity contribution in [1.29, 1.82) is 0 Å². The molecule has 0 rings (SSSR count). The van der Waals surface area contributed by atoms with Gasteiger partial charge in [0.15, 0.2) is 0 Å². The van der Waals surface area contributed by atoms with Crippen molar-refractivity contribution in [3.05, 3.63) is 10.4 Å². The van der Waals surface area contributed by atoms with Crippen LogP contribution in [-0.2, 0) is 4.79 Å². The van der Waals surface area contributed by atoms with Gasteiger partial charge in [-0.25, -0.2) is 0 Å². The Bertz CT molecular complexity index is 229. The van der Waals surface area contributed by atoms with E-state index in [0.29, 0.717) is 6.42 Å². The van der Waals surface area contributed by atoms with Crippen molar-refractivity contribution in [1.82, 2.24) is 0 Å². The van der Waals surface area contributed by atoms with Crippen LogP contribution in [0.15, 0.2) is 5.11 Å². The zero-order valence-electron chi connectivity index (χ0n) is 8.74. The molecule has 0 heterocycles. The molecule has 74 valence electrons. The molecule has 4 heteroatoms. The molecule has 0 saturated heterocycles. The van der Waals surface area contributed by atoms with Crippen LogP contribution in [0.3, 0.4) is 0 Å². The predicted octanol–water partition coefficient (Wildman–Crippen LogP) is 3.08. The van der Waals surface area contributed by atoms with Gasteiger partial charge in [0.2, 0.25) is 0 Å². The summed E-state index contributed by atoms with van der Waals surface area (Å²) in [5, 5.41) is 3.66. The van der Waals surface area contributed by atoms with Gasteiger partial charge in [-0.05, 0) is 25.3 Å². The van der Waals surface area contributed by atoms with Crippen LogP contribution in [0, 0.1) is 5.92 Å². The highest BCUT2D eigenvalue weighted by atomic mass is 16.1. The molecule has 0 saturated carbocycles. The molecular weight excluding hydrogens is 166 g/mol. The summed E-state index contributed by atoms with van der Waals surface area (Å²) in [6, 6.07) is 0. The molecule has 0 aliphatic rings. The highest BCUT2D eigenvalue weighted by molar-refractivity contribution is 5.78. The molecule has 0 aromatic carbocycles. The van der Waals surface area contributed by atoms with Gasteiger partial charge in [0.05, 0.1) is 0 Å². The van der Waals surface area contributed by atoms with Gasteiger partial charge in [-0.1, -0.05) is 25.9 Å². The van der Waals surface area contributed by atoms with Crippen molar-refractivity contribution < 1.29 is 4.79 Å². The first-order valence-electron chi connectivity index (χ1n) is 4.49. The second kappa shape index (κ2) is 4.87. The van der Waals surface area contributed by atoms with Gasteiger partial charge in [-0.15, -0.1) is 0 Å². The van der Waals surface area contributed by atoms with Gasteiger partial charge in [0.1, 0.15) is 5.78 Å². The highest BCUT2D eigenvalue weighted by Crippen LogP contribution is 2.23. The number of nitrogens with zero attached hydrogens (tertiary/aromatic N) is 3. The quantitative estimate of drug-likeness (QED) is 0.367. The second-order valence-corrected chi connectivity index (χ2v) is 3.92. The molecule has 0 aliphatic heterocycles. The molecule has 4 nitrogen and oxygen atoms in total. The first kappa shape index (κ1) is 12.0. The molecular formula is C9H17N3O. The number of carbonyl (C=O) groups is 1. The zero-order valence-corrected chi connectivity index (χ0v) is 8.74. The summed E-state index contributed by atoms with van der Waals surface area (Å²) in [5.74, 6) is 0.184. The molecule has 0 amide bonds. The maximum atomic E-state index is 11.1. The van der Waals surface area contributed by atoms with Crippen molar-refractivity contribution in [3.63, 3.8) is 0 Å². The van der Waals surface area contributed by atoms with Crippen LogP contribution in [0.25, 0.3) is 10.4 Å². The summed E-state index contributed by atoms with van der Waals surface area (Å²) in [5.41, 5.74) is 7.84. The molecule has 0 aromatic rings. The molecule has 13 heavy (non-hydrogen) atoms. The van der Waals surface area contributed by atoms with Crippen molar-refractivity contribution in [2.45, 2.75) is 46.1 Å². The van der Waals surface area contributed by atoms with Crippen molar-refractivity contribution in [2.24, 2.45) is 11.0 Å². The topological polar surface area (TPSA) is 65.8 Å². The van der Waals surface area contributed by atoms with Crippen LogP contribution in [0.2, 0.25) is 0 Å². The normalized spacial score (nSPS) is 13.2. The van der Waals surface area contributed by atoms with Gasteiger partial charge < -0.3 is 0 Å². The Labute approximate surface area is 79.0 Å². The van der Waals surface area contributed by atoms with Crippen LogP contribution >= 0.6 is 0 Å². The van der Waals surface area contributed by atoms with E-state index in [1.807, 2.05) is 20.8 Å². The lowest BCUT2D eigenvalue weighted by atomic mass is 9.87. The van der Waals surface area contributed by atoms with E-state index in [4.69, 9.17) is 5.53 Å². The standard InChI is InChI=1S/C9H17N3O/c1-5-8(7(2)13)6-9(3,4)11-12-10/h8H,5-6H2,1-4H3. The van der Waals surface area contributed by atoms with E-state index in [-0.39, 0.29) is 11.7 Å². The van der Waals surface area contributed by atoms with E-state index < -0.39 is 5.54 Å². The van der Waals surface area contributed by atoms with Gasteiger partial charge >= 0.3 is 0 Å². The van der Waals surface area contributed by atoms with Crippen molar-refractivity contribution >= 4 is 5.78 Å². The monoisotopic (exact) mass is 183 g/mol. The third kappa shape index (κ3) is 4.53. The number of hydrogen-bond donors (Lipinski definition) is 0. The smallest absolute Gasteiger partial charge is 0.132 e. The Morgan fingerprint density at radius 3 is 2.46 bits per heavy atom. The van der Waals surface area contributed by atoms with Gasteiger partial charge in [0, 0.05) is 16.4 Å². The minimum absolute atomic E-state index is 0.0144. The summed E-state index contributed by atoms with van der Waals surface area (Å²) >= 11 is 0. The first-order chi connectivity index (χ1) is 5.93. The Kier molecular flexibility index (Phi) is 4.49. The Balaban J connectivity index is 4.38. The largest absolute Gasteiger partial charge is 0.300 e. The molecule has 0 aliphatic carbocycles. The number of Topliss-reactive ketones (excluding diaryl/α,β-unsaturated/α-hetero) is 1. The van der Waals surface area contributed by atoms with Gasteiger partial charge in [-0.3, -0.25) is 4.79 Å². The number of carbonyl (C=O) groups excluding carboxylic acids is 1. The zero-order chi connectivity index (χ0) is 10.5. The molecule has 0 bridgehead atoms. The number of azide groups is 1. The second-order valence-electron chi connectivity index (χ2n) is 3.92. The fourth-order valence-electron chi connectivity index (χ4n) is 1.34. The Morgan fingerprint density at radius 1 is 1.62 bits per heavy atom. The van der Waals surface area contributed by atoms with Gasteiger partial charge in [0.25, 0.3) is 0 Å².